The highest BCUT2D eigenvalue weighted by molar-refractivity contribution is 7.13. The molecular weight excluding hydrogens is 972 g/mol. The highest BCUT2D eigenvalue weighted by Gasteiger charge is 2.64. The number of carbonyl (C=O) groups is 3. The van der Waals surface area contributed by atoms with Gasteiger partial charge < -0.3 is 40.5 Å². The molecule has 15 nitrogen and oxygen atoms in total. The van der Waals surface area contributed by atoms with Gasteiger partial charge in [0.05, 0.1) is 50.9 Å². The van der Waals surface area contributed by atoms with E-state index in [9.17, 15) is 24.8 Å². The van der Waals surface area contributed by atoms with Crippen LogP contribution in [0.25, 0.3) is 10.4 Å². The molecule has 3 saturated heterocycles. The van der Waals surface area contributed by atoms with E-state index in [2.05, 4.69) is 107 Å². The minimum absolute atomic E-state index is 0.0848. The summed E-state index contributed by atoms with van der Waals surface area (Å²) in [7, 11) is 0. The average Bonchev–Trinajstić information content (AvgIpc) is 4.13. The van der Waals surface area contributed by atoms with Crippen molar-refractivity contribution >= 4 is 46.5 Å². The van der Waals surface area contributed by atoms with Crippen molar-refractivity contribution in [2.24, 2.45) is 22.2 Å². The third-order valence-electron chi connectivity index (χ3n) is 15.9. The first kappa shape index (κ1) is 54.7. The van der Waals surface area contributed by atoms with Crippen molar-refractivity contribution in [3.63, 3.8) is 0 Å². The van der Waals surface area contributed by atoms with Crippen LogP contribution in [0.3, 0.4) is 0 Å². The molecule has 1 aliphatic carbocycles. The zero-order valence-electron chi connectivity index (χ0n) is 44.6. The van der Waals surface area contributed by atoms with Crippen molar-refractivity contribution in [1.29, 1.82) is 5.26 Å². The number of ether oxygens (including phenoxy) is 1. The number of amides is 3. The van der Waals surface area contributed by atoms with E-state index in [1.54, 1.807) is 40.6 Å². The summed E-state index contributed by atoms with van der Waals surface area (Å²) in [5.74, 6) is 1.42. The molecule has 8 rings (SSSR count). The Morgan fingerprint density at radius 3 is 2.30 bits per heavy atom. The Hall–Kier alpha value is -5.57. The second kappa shape index (κ2) is 22.3. The number of benzene rings is 2. The molecule has 1 saturated carbocycles. The summed E-state index contributed by atoms with van der Waals surface area (Å²) >= 11 is 7.90. The second-order valence-electron chi connectivity index (χ2n) is 23.3. The summed E-state index contributed by atoms with van der Waals surface area (Å²) in [5, 5.41) is 30.3. The molecule has 0 radical (unpaired) electrons. The normalized spacial score (nSPS) is 23.6. The minimum Gasteiger partial charge on any atom is -0.489 e. The molecule has 4 aromatic rings. The lowest BCUT2D eigenvalue weighted by atomic mass is 9.49. The van der Waals surface area contributed by atoms with Gasteiger partial charge in [-0.05, 0) is 80.0 Å². The van der Waals surface area contributed by atoms with Crippen molar-refractivity contribution in [1.82, 2.24) is 40.6 Å². The van der Waals surface area contributed by atoms with E-state index in [0.29, 0.717) is 39.9 Å². The van der Waals surface area contributed by atoms with Crippen LogP contribution in [0.5, 0.6) is 5.75 Å². The first-order valence-electron chi connectivity index (χ1n) is 26.1. The number of carbonyl (C=O) groups excluding carboxylic acids is 3. The number of thiazole rings is 1. The number of rotatable bonds is 17. The van der Waals surface area contributed by atoms with Gasteiger partial charge in [-0.1, -0.05) is 90.9 Å². The Kier molecular flexibility index (Phi) is 16.5. The third-order valence-corrected chi connectivity index (χ3v) is 17.2. The molecule has 3 amide bonds. The smallest absolute Gasteiger partial charge is 0.253 e. The van der Waals surface area contributed by atoms with E-state index in [0.717, 1.165) is 86.2 Å². The number of nitrogens with zero attached hydrogens (tertiary/aromatic N) is 7. The molecule has 4 N–H and O–H groups in total. The number of piperazine rings is 1. The van der Waals surface area contributed by atoms with Crippen LogP contribution in [-0.2, 0) is 9.59 Å². The highest BCUT2D eigenvalue weighted by atomic mass is 35.5. The topological polar surface area (TPSA) is 179 Å². The van der Waals surface area contributed by atoms with Crippen molar-refractivity contribution in [2.45, 2.75) is 118 Å². The van der Waals surface area contributed by atoms with E-state index in [1.807, 2.05) is 45.3 Å². The van der Waals surface area contributed by atoms with E-state index < -0.39 is 23.6 Å². The molecule has 17 heteroatoms. The standard InChI is InChI=1S/C57H75ClN10O5S/c1-35(39-11-13-40(14-12-39)49-37(3)61-34-74-49)62-36(2)46-27-43(69)32-68(46)52(72)50(55(4,5)6)63-48(70)33-66-25-23-65(24-26-66)21-19-38-20-22-67(31-38)47-18-16-42(30-60-47)51(71)64-53-56(7,8)54(57(53,9)10)73-44-17-15-41(29-59)45(58)28-44/h11-18,28,30,34-35,38,43,46,50,53-54,62,69H,2,19-27,31-33H2,1,3-10H3,(H,63,70)(H,64,71)/t35-,38?,43+,46?,50+,53-,54-/m0/s1. The molecular formula is C57H75ClN10O5S. The molecule has 74 heavy (non-hydrogen) atoms. The largest absolute Gasteiger partial charge is 0.489 e. The van der Waals surface area contributed by atoms with Gasteiger partial charge in [0.25, 0.3) is 5.91 Å². The summed E-state index contributed by atoms with van der Waals surface area (Å²) in [4.78, 5) is 60.6. The molecule has 0 spiro atoms. The number of halogens is 1. The van der Waals surface area contributed by atoms with Crippen molar-refractivity contribution in [3.8, 4) is 22.3 Å². The Balaban J connectivity index is 0.756. The third kappa shape index (κ3) is 12.1. The first-order valence-corrected chi connectivity index (χ1v) is 27.4. The van der Waals surface area contributed by atoms with Crippen molar-refractivity contribution in [3.05, 3.63) is 106 Å². The number of nitrogens with one attached hydrogen (secondary N) is 3. The van der Waals surface area contributed by atoms with Crippen LogP contribution in [0, 0.1) is 40.4 Å². The predicted octanol–water partition coefficient (Wildman–Crippen LogP) is 7.84. The highest BCUT2D eigenvalue weighted by Crippen LogP contribution is 2.55. The summed E-state index contributed by atoms with van der Waals surface area (Å²) in [5.41, 5.74) is 5.31. The maximum atomic E-state index is 14.4. The van der Waals surface area contributed by atoms with Crippen LogP contribution >= 0.6 is 22.9 Å². The fourth-order valence-corrected chi connectivity index (χ4v) is 12.9. The number of nitriles is 1. The maximum absolute atomic E-state index is 14.4. The Morgan fingerprint density at radius 1 is 0.973 bits per heavy atom. The van der Waals surface area contributed by atoms with Crippen LogP contribution in [0.15, 0.2) is 78.6 Å². The zero-order chi connectivity index (χ0) is 53.3. The first-order chi connectivity index (χ1) is 35.0. The van der Waals surface area contributed by atoms with E-state index in [-0.39, 0.29) is 59.8 Å². The quantitative estimate of drug-likeness (QED) is 0.0807. The van der Waals surface area contributed by atoms with Gasteiger partial charge in [-0.15, -0.1) is 11.3 Å². The number of pyridine rings is 1. The van der Waals surface area contributed by atoms with Gasteiger partial charge in [0.15, 0.2) is 0 Å². The lowest BCUT2D eigenvalue weighted by molar-refractivity contribution is -0.164. The number of aryl methyl sites for hydroxylation is 1. The molecule has 4 aliphatic rings. The number of β-amino-alcohol motifs (C(OH)–C–C–N with tert-alkyl or cyclic N) is 1. The SMILES string of the molecule is C=C(N[C@@H](C)c1ccc(-c2scnc2C)cc1)C1C[C@@H](O)CN1C(=O)[C@@H](NC(=O)CN1CCN(CCC2CCN(c3ccc(C(=O)N[C@H]4C(C)(C)[C@H](Oc5ccc(C#N)c(Cl)c5)C4(C)C)cn3)C2)CC1)C(C)(C)C. The number of aromatic nitrogens is 2. The van der Waals surface area contributed by atoms with Gasteiger partial charge in [0.1, 0.15) is 29.8 Å². The predicted molar refractivity (Wildman–Crippen MR) is 292 cm³/mol. The summed E-state index contributed by atoms with van der Waals surface area (Å²) in [6.45, 7) is 29.1. The van der Waals surface area contributed by atoms with Crippen molar-refractivity contribution < 1.29 is 24.2 Å². The van der Waals surface area contributed by atoms with Crippen LogP contribution in [-0.4, -0.2) is 137 Å². The molecule has 0 bridgehead atoms. The fraction of sp³-hybridized carbons (Fsp3) is 0.544. The van der Waals surface area contributed by atoms with Crippen LogP contribution in [0.1, 0.15) is 108 Å². The molecule has 2 aromatic heterocycles. The number of anilines is 1. The average molecular weight is 1050 g/mol. The number of aliphatic hydroxyl groups is 1. The van der Waals surface area contributed by atoms with Gasteiger partial charge in [-0.2, -0.15) is 5.26 Å². The van der Waals surface area contributed by atoms with Gasteiger partial charge in [0.2, 0.25) is 11.8 Å². The van der Waals surface area contributed by atoms with Crippen LogP contribution < -0.4 is 25.6 Å². The van der Waals surface area contributed by atoms with Crippen LogP contribution in [0.2, 0.25) is 5.02 Å². The van der Waals surface area contributed by atoms with E-state index >= 15 is 0 Å². The van der Waals surface area contributed by atoms with E-state index in [1.165, 1.54) is 0 Å². The van der Waals surface area contributed by atoms with Gasteiger partial charge in [0, 0.05) is 93.1 Å². The summed E-state index contributed by atoms with van der Waals surface area (Å²) in [6.07, 6.45) is 3.28. The summed E-state index contributed by atoms with van der Waals surface area (Å²) in [6, 6.07) is 17.9. The monoisotopic (exact) mass is 1050 g/mol. The number of hydrogen-bond donors (Lipinski definition) is 4. The minimum atomic E-state index is -0.785. The van der Waals surface area contributed by atoms with Gasteiger partial charge in [-0.3, -0.25) is 19.3 Å². The zero-order valence-corrected chi connectivity index (χ0v) is 46.2. The Bertz CT molecular complexity index is 2690. The van der Waals surface area contributed by atoms with Gasteiger partial charge in [-0.25, -0.2) is 9.97 Å². The second-order valence-corrected chi connectivity index (χ2v) is 24.5. The van der Waals surface area contributed by atoms with Crippen molar-refractivity contribution in [2.75, 3.05) is 63.8 Å². The molecule has 5 atom stereocenters. The molecule has 2 aromatic carbocycles. The Labute approximate surface area is 446 Å². The molecule has 2 unspecified atom stereocenters. The lowest BCUT2D eigenvalue weighted by Gasteiger charge is -2.63. The van der Waals surface area contributed by atoms with Crippen LogP contribution in [0.4, 0.5) is 5.82 Å². The molecule has 5 heterocycles. The molecule has 396 valence electrons. The fourth-order valence-electron chi connectivity index (χ4n) is 11.9. The van der Waals surface area contributed by atoms with E-state index in [4.69, 9.17) is 21.3 Å². The maximum Gasteiger partial charge on any atom is 0.253 e. The van der Waals surface area contributed by atoms with Gasteiger partial charge >= 0.3 is 0 Å². The number of hydrogen-bond acceptors (Lipinski definition) is 13. The number of aliphatic hydroxyl groups excluding tert-OH is 1. The molecule has 4 fully saturated rings. The number of likely N-dealkylation sites (tertiary alicyclic amines) is 1. The molecule has 3 aliphatic heterocycles. The summed E-state index contributed by atoms with van der Waals surface area (Å²) < 4.78 is 6.40. The Morgan fingerprint density at radius 2 is 1.68 bits per heavy atom. The lowest BCUT2D eigenvalue weighted by Crippen LogP contribution is -2.74.